The van der Waals surface area contributed by atoms with Crippen molar-refractivity contribution in [2.75, 3.05) is 12.8 Å². The molecule has 0 aliphatic heterocycles. The van der Waals surface area contributed by atoms with Crippen LogP contribution in [0.2, 0.25) is 0 Å². The molecule has 0 atom stereocenters. The van der Waals surface area contributed by atoms with Crippen LogP contribution in [0.5, 0.6) is 5.75 Å². The van der Waals surface area contributed by atoms with Gasteiger partial charge in [0, 0.05) is 0 Å². The third-order valence-electron chi connectivity index (χ3n) is 3.38. The van der Waals surface area contributed by atoms with Crippen LogP contribution < -0.4 is 15.9 Å². The van der Waals surface area contributed by atoms with Gasteiger partial charge in [-0.25, -0.2) is 10.1 Å². The fourth-order valence-electron chi connectivity index (χ4n) is 2.13. The van der Waals surface area contributed by atoms with E-state index in [0.717, 1.165) is 0 Å². The van der Waals surface area contributed by atoms with Crippen molar-refractivity contribution in [3.8, 4) is 17.1 Å². The fourth-order valence-corrected chi connectivity index (χ4v) is 2.13. The Hall–Kier alpha value is -4.22. The van der Waals surface area contributed by atoms with Gasteiger partial charge in [0.05, 0.1) is 29.9 Å². The van der Waals surface area contributed by atoms with Crippen molar-refractivity contribution >= 4 is 23.6 Å². The number of hydrogen-bond acceptors (Lipinski definition) is 10. The lowest BCUT2D eigenvalue weighted by Crippen LogP contribution is -2.19. The number of nitro groups is 1. The number of amides is 1. The van der Waals surface area contributed by atoms with Crippen LogP contribution >= 0.6 is 0 Å². The van der Waals surface area contributed by atoms with Crippen LogP contribution in [0.3, 0.4) is 0 Å². The maximum atomic E-state index is 11.7. The smallest absolute Gasteiger partial charge is 0.297 e. The second-order valence-electron chi connectivity index (χ2n) is 5.04. The first-order chi connectivity index (χ1) is 13.0. The molecule has 0 aliphatic rings. The zero-order chi connectivity index (χ0) is 19.4. The number of rotatable bonds is 6. The topological polar surface area (TPSA) is 172 Å². The van der Waals surface area contributed by atoms with Gasteiger partial charge in [-0.1, -0.05) is 0 Å². The molecule has 3 rings (SSSR count). The molecular formula is C15H12N6O6. The van der Waals surface area contributed by atoms with Crippen molar-refractivity contribution < 1.29 is 23.5 Å². The lowest BCUT2D eigenvalue weighted by Gasteiger charge is -2.03. The summed E-state index contributed by atoms with van der Waals surface area (Å²) in [6.07, 6.45) is 1.21. The predicted molar refractivity (Wildman–Crippen MR) is 91.1 cm³/mol. The van der Waals surface area contributed by atoms with E-state index in [1.54, 1.807) is 6.07 Å². The minimum Gasteiger partial charge on any atom is -0.497 e. The number of nitrogen functional groups attached to an aromatic ring is 1. The van der Waals surface area contributed by atoms with E-state index in [4.69, 9.17) is 14.9 Å². The van der Waals surface area contributed by atoms with Gasteiger partial charge in [-0.05, 0) is 34.6 Å². The number of hydrazone groups is 1. The molecule has 3 aromatic rings. The fraction of sp³-hybridized carbons (Fsp3) is 0.0667. The average Bonchev–Trinajstić information content (AvgIpc) is 3.30. The lowest BCUT2D eigenvalue weighted by atomic mass is 10.1. The SMILES string of the molecule is COc1ccc(-c2ccc(C=NNC(=O)c3nonc3N)o2)c([N+](=O)[O-])c1. The molecule has 0 radical (unpaired) electrons. The number of nitrogens with zero attached hydrogens (tertiary/aromatic N) is 4. The molecule has 12 nitrogen and oxygen atoms in total. The third kappa shape index (κ3) is 3.73. The number of benzene rings is 1. The zero-order valence-electron chi connectivity index (χ0n) is 13.8. The van der Waals surface area contributed by atoms with Gasteiger partial charge < -0.3 is 14.9 Å². The Kier molecular flexibility index (Phi) is 4.79. The highest BCUT2D eigenvalue weighted by atomic mass is 16.6. The Labute approximate surface area is 150 Å². The highest BCUT2D eigenvalue weighted by molar-refractivity contribution is 5.96. The molecular weight excluding hydrogens is 360 g/mol. The summed E-state index contributed by atoms with van der Waals surface area (Å²) >= 11 is 0. The van der Waals surface area contributed by atoms with Gasteiger partial charge in [-0.15, -0.1) is 0 Å². The number of hydrogen-bond donors (Lipinski definition) is 2. The quantitative estimate of drug-likeness (QED) is 0.370. The number of anilines is 1. The van der Waals surface area contributed by atoms with E-state index in [1.807, 2.05) is 0 Å². The van der Waals surface area contributed by atoms with Gasteiger partial charge in [0.2, 0.25) is 11.5 Å². The average molecular weight is 372 g/mol. The minimum absolute atomic E-state index is 0.171. The van der Waals surface area contributed by atoms with Gasteiger partial charge in [-0.3, -0.25) is 14.9 Å². The second kappa shape index (κ2) is 7.35. The Morgan fingerprint density at radius 2 is 2.19 bits per heavy atom. The highest BCUT2D eigenvalue weighted by Gasteiger charge is 2.19. The maximum absolute atomic E-state index is 11.7. The molecule has 27 heavy (non-hydrogen) atoms. The van der Waals surface area contributed by atoms with Crippen LogP contribution in [0.25, 0.3) is 11.3 Å². The number of nitrogens with one attached hydrogen (secondary N) is 1. The van der Waals surface area contributed by atoms with E-state index >= 15 is 0 Å². The normalized spacial score (nSPS) is 10.9. The molecule has 0 bridgehead atoms. The molecule has 2 heterocycles. The zero-order valence-corrected chi connectivity index (χ0v) is 13.8. The summed E-state index contributed by atoms with van der Waals surface area (Å²) in [4.78, 5) is 22.5. The summed E-state index contributed by atoms with van der Waals surface area (Å²) < 4.78 is 14.8. The van der Waals surface area contributed by atoms with Crippen LogP contribution in [-0.4, -0.2) is 34.5 Å². The Morgan fingerprint density at radius 1 is 1.37 bits per heavy atom. The number of carbonyl (C=O) groups is 1. The van der Waals surface area contributed by atoms with Crippen LogP contribution in [-0.2, 0) is 0 Å². The summed E-state index contributed by atoms with van der Waals surface area (Å²) in [6, 6.07) is 7.46. The van der Waals surface area contributed by atoms with Crippen molar-refractivity contribution in [2.24, 2.45) is 5.10 Å². The van der Waals surface area contributed by atoms with Crippen molar-refractivity contribution in [3.05, 3.63) is 51.9 Å². The molecule has 0 fully saturated rings. The molecule has 3 N–H and O–H groups in total. The Balaban J connectivity index is 1.76. The minimum atomic E-state index is -0.720. The Morgan fingerprint density at radius 3 is 2.85 bits per heavy atom. The third-order valence-corrected chi connectivity index (χ3v) is 3.38. The van der Waals surface area contributed by atoms with Gasteiger partial charge in [-0.2, -0.15) is 5.10 Å². The summed E-state index contributed by atoms with van der Waals surface area (Å²) in [5.74, 6) is -0.0377. The van der Waals surface area contributed by atoms with Crippen LogP contribution in [0.1, 0.15) is 16.2 Å². The molecule has 0 saturated heterocycles. The van der Waals surface area contributed by atoms with Crippen molar-refractivity contribution in [3.63, 3.8) is 0 Å². The molecule has 0 saturated carbocycles. The molecule has 0 unspecified atom stereocenters. The number of carbonyl (C=O) groups excluding carboxylic acids is 1. The molecule has 0 spiro atoms. The first-order valence-electron chi connectivity index (χ1n) is 7.33. The number of furan rings is 1. The van der Waals surface area contributed by atoms with E-state index in [1.165, 1.54) is 37.6 Å². The lowest BCUT2D eigenvalue weighted by molar-refractivity contribution is -0.384. The van der Waals surface area contributed by atoms with Gasteiger partial charge in [0.1, 0.15) is 17.3 Å². The van der Waals surface area contributed by atoms with Gasteiger partial charge in [0.25, 0.3) is 11.6 Å². The summed E-state index contributed by atoms with van der Waals surface area (Å²) in [5.41, 5.74) is 7.45. The summed E-state index contributed by atoms with van der Waals surface area (Å²) in [6.45, 7) is 0. The Bertz CT molecular complexity index is 1020. The van der Waals surface area contributed by atoms with Crippen molar-refractivity contribution in [1.82, 2.24) is 15.7 Å². The van der Waals surface area contributed by atoms with E-state index in [2.05, 4.69) is 25.5 Å². The second-order valence-corrected chi connectivity index (χ2v) is 5.04. The molecule has 1 amide bonds. The van der Waals surface area contributed by atoms with Gasteiger partial charge >= 0.3 is 0 Å². The van der Waals surface area contributed by atoms with Crippen molar-refractivity contribution in [2.45, 2.75) is 0 Å². The predicted octanol–water partition coefficient (Wildman–Crippen LogP) is 1.59. The van der Waals surface area contributed by atoms with Crippen LogP contribution in [0, 0.1) is 10.1 Å². The number of nitrogens with two attached hydrogens (primary N) is 1. The maximum Gasteiger partial charge on any atom is 0.297 e. The highest BCUT2D eigenvalue weighted by Crippen LogP contribution is 2.33. The standard InChI is InChI=1S/C15H12N6O6/c1-25-8-2-4-10(11(6-8)21(23)24)12-5-3-9(26-12)7-17-18-15(22)13-14(16)20-27-19-13/h2-7H,1H3,(H2,16,20)(H,18,22). The number of methoxy groups -OCH3 is 1. The number of nitro benzene ring substituents is 1. The molecule has 138 valence electrons. The van der Waals surface area contributed by atoms with Crippen LogP contribution in [0.4, 0.5) is 11.5 Å². The molecule has 1 aromatic carbocycles. The first kappa shape index (κ1) is 17.6. The number of ether oxygens (including phenoxy) is 1. The van der Waals surface area contributed by atoms with E-state index in [9.17, 15) is 14.9 Å². The van der Waals surface area contributed by atoms with E-state index < -0.39 is 10.8 Å². The summed E-state index contributed by atoms with van der Waals surface area (Å²) in [7, 11) is 1.41. The first-order valence-corrected chi connectivity index (χ1v) is 7.33. The molecule has 12 heteroatoms. The number of aromatic nitrogens is 2. The molecule has 0 aliphatic carbocycles. The largest absolute Gasteiger partial charge is 0.497 e. The van der Waals surface area contributed by atoms with Crippen LogP contribution in [0.15, 0.2) is 44.5 Å². The summed E-state index contributed by atoms with van der Waals surface area (Å²) in [5, 5.41) is 21.6. The monoisotopic (exact) mass is 372 g/mol. The van der Waals surface area contributed by atoms with E-state index in [0.29, 0.717) is 5.75 Å². The van der Waals surface area contributed by atoms with E-state index in [-0.39, 0.29) is 34.3 Å². The van der Waals surface area contributed by atoms with Gasteiger partial charge in [0.15, 0.2) is 0 Å². The molecule has 2 aromatic heterocycles. The van der Waals surface area contributed by atoms with Crippen molar-refractivity contribution in [1.29, 1.82) is 0 Å².